The van der Waals surface area contributed by atoms with E-state index in [0.717, 1.165) is 24.6 Å². The van der Waals surface area contributed by atoms with Gasteiger partial charge in [0.05, 0.1) is 5.37 Å². The van der Waals surface area contributed by atoms with Crippen molar-refractivity contribution >= 4 is 27.9 Å². The maximum absolute atomic E-state index is 12.1. The van der Waals surface area contributed by atoms with Crippen LogP contribution in [0, 0.1) is 5.92 Å². The molecule has 2 rings (SSSR count). The largest absolute Gasteiger partial charge is 0.480 e. The van der Waals surface area contributed by atoms with Crippen molar-refractivity contribution in [3.05, 3.63) is 0 Å². The third-order valence-corrected chi connectivity index (χ3v) is 6.17. The summed E-state index contributed by atoms with van der Waals surface area (Å²) in [7, 11) is -4.48. The fraction of sp³-hybridized carbons (Fsp3) is 0.889. The molecule has 2 unspecified atom stereocenters. The Hall–Kier alpha value is -0.520. The normalized spacial score (nSPS) is 28.8. The van der Waals surface area contributed by atoms with E-state index < -0.39 is 40.3 Å². The molecule has 6 nitrogen and oxygen atoms in total. The molecule has 116 valence electrons. The lowest BCUT2D eigenvalue weighted by Gasteiger charge is -2.26. The fourth-order valence-electron chi connectivity index (χ4n) is 1.97. The molecule has 20 heavy (non-hydrogen) atoms. The van der Waals surface area contributed by atoms with Crippen LogP contribution in [0.15, 0.2) is 0 Å². The molecule has 11 heteroatoms. The second-order valence-electron chi connectivity index (χ2n) is 4.69. The van der Waals surface area contributed by atoms with Gasteiger partial charge < -0.3 is 5.11 Å². The van der Waals surface area contributed by atoms with E-state index in [1.807, 2.05) is 0 Å². The van der Waals surface area contributed by atoms with Crippen molar-refractivity contribution in [1.29, 1.82) is 0 Å². The Morgan fingerprint density at radius 1 is 1.40 bits per heavy atom. The number of carboxylic acid groups (broad SMARTS) is 1. The highest BCUT2D eigenvalue weighted by Crippen LogP contribution is 2.46. The Bertz CT molecular complexity index is 492. The van der Waals surface area contributed by atoms with E-state index in [2.05, 4.69) is 0 Å². The van der Waals surface area contributed by atoms with Crippen LogP contribution in [0.1, 0.15) is 12.8 Å². The monoisotopic (exact) mass is 334 g/mol. The standard InChI is InChI=1S/C9H13F3N2O4S2/c10-9(11,12)4-13-20(17,18)14-6(8(15)16)3-19-7(14)5-1-2-5/h5-7,13H,1-4H2,(H,15,16). The Balaban J connectivity index is 2.17. The number of hydrogen-bond acceptors (Lipinski definition) is 4. The highest BCUT2D eigenvalue weighted by atomic mass is 32.2. The summed E-state index contributed by atoms with van der Waals surface area (Å²) in [6.45, 7) is -1.71. The Kier molecular flexibility index (Phi) is 4.24. The number of aliphatic carboxylic acids is 1. The summed E-state index contributed by atoms with van der Waals surface area (Å²) in [6, 6.07) is -1.32. The smallest absolute Gasteiger partial charge is 0.402 e. The molecule has 0 radical (unpaired) electrons. The summed E-state index contributed by atoms with van der Waals surface area (Å²) in [6.07, 6.45) is -3.17. The van der Waals surface area contributed by atoms with Gasteiger partial charge in [-0.05, 0) is 18.8 Å². The zero-order valence-corrected chi connectivity index (χ0v) is 11.8. The molecular formula is C9H13F3N2O4S2. The van der Waals surface area contributed by atoms with Gasteiger partial charge in [-0.15, -0.1) is 11.8 Å². The van der Waals surface area contributed by atoms with Crippen LogP contribution in [0.4, 0.5) is 13.2 Å². The lowest BCUT2D eigenvalue weighted by molar-refractivity contribution is -0.140. The van der Waals surface area contributed by atoms with Gasteiger partial charge in [-0.1, -0.05) is 0 Å². The molecule has 1 saturated heterocycles. The van der Waals surface area contributed by atoms with Gasteiger partial charge in [0.15, 0.2) is 0 Å². The predicted molar refractivity (Wildman–Crippen MR) is 65.2 cm³/mol. The van der Waals surface area contributed by atoms with E-state index in [4.69, 9.17) is 5.11 Å². The number of carboxylic acids is 1. The molecule has 1 heterocycles. The molecule has 2 fully saturated rings. The maximum atomic E-state index is 12.1. The number of carbonyl (C=O) groups is 1. The molecule has 2 atom stereocenters. The van der Waals surface area contributed by atoms with Crippen molar-refractivity contribution in [2.45, 2.75) is 30.4 Å². The number of thioether (sulfide) groups is 1. The van der Waals surface area contributed by atoms with Crippen molar-refractivity contribution < 1.29 is 31.5 Å². The molecule has 0 aromatic carbocycles. The van der Waals surface area contributed by atoms with Crippen molar-refractivity contribution in [2.75, 3.05) is 12.3 Å². The van der Waals surface area contributed by atoms with Crippen molar-refractivity contribution in [1.82, 2.24) is 9.03 Å². The Morgan fingerprint density at radius 2 is 2.00 bits per heavy atom. The minimum Gasteiger partial charge on any atom is -0.480 e. The van der Waals surface area contributed by atoms with E-state index in [9.17, 15) is 26.4 Å². The first-order chi connectivity index (χ1) is 9.12. The molecule has 0 bridgehead atoms. The predicted octanol–water partition coefficient (Wildman–Crippen LogP) is 0.621. The van der Waals surface area contributed by atoms with Crippen LogP contribution < -0.4 is 4.72 Å². The lowest BCUT2D eigenvalue weighted by Crippen LogP contribution is -2.52. The van der Waals surface area contributed by atoms with Crippen LogP contribution in [0.3, 0.4) is 0 Å². The van der Waals surface area contributed by atoms with Crippen LogP contribution in [-0.4, -0.2) is 53.7 Å². The summed E-state index contributed by atoms with van der Waals surface area (Å²) < 4.78 is 62.5. The summed E-state index contributed by atoms with van der Waals surface area (Å²) in [5.74, 6) is -1.28. The van der Waals surface area contributed by atoms with Crippen LogP contribution in [0.25, 0.3) is 0 Å². The first kappa shape index (κ1) is 15.9. The van der Waals surface area contributed by atoms with Crippen LogP contribution in [-0.2, 0) is 15.0 Å². The Labute approximate surface area is 117 Å². The van der Waals surface area contributed by atoms with Crippen LogP contribution >= 0.6 is 11.8 Å². The van der Waals surface area contributed by atoms with E-state index in [-0.39, 0.29) is 11.7 Å². The molecule has 1 aliphatic heterocycles. The molecule has 0 aromatic rings. The van der Waals surface area contributed by atoms with Gasteiger partial charge in [-0.3, -0.25) is 4.79 Å². The number of alkyl halides is 3. The zero-order valence-electron chi connectivity index (χ0n) is 10.1. The summed E-state index contributed by atoms with van der Waals surface area (Å²) in [5, 5.41) is 8.43. The van der Waals surface area contributed by atoms with Gasteiger partial charge in [0, 0.05) is 5.75 Å². The first-order valence-electron chi connectivity index (χ1n) is 5.81. The molecule has 0 aromatic heterocycles. The Morgan fingerprint density at radius 3 is 2.45 bits per heavy atom. The fourth-order valence-corrected chi connectivity index (χ4v) is 5.55. The van der Waals surface area contributed by atoms with Crippen LogP contribution in [0.2, 0.25) is 0 Å². The van der Waals surface area contributed by atoms with E-state index in [0.29, 0.717) is 4.31 Å². The minimum absolute atomic E-state index is 0.0202. The molecular weight excluding hydrogens is 321 g/mol. The average molecular weight is 334 g/mol. The number of halogens is 3. The number of nitrogens with one attached hydrogen (secondary N) is 1. The number of hydrogen-bond donors (Lipinski definition) is 2. The summed E-state index contributed by atoms with van der Waals surface area (Å²) in [4.78, 5) is 11.1. The molecule has 2 aliphatic rings. The second-order valence-corrected chi connectivity index (χ2v) is 7.50. The van der Waals surface area contributed by atoms with Crippen molar-refractivity contribution in [2.24, 2.45) is 5.92 Å². The highest BCUT2D eigenvalue weighted by molar-refractivity contribution is 8.01. The summed E-state index contributed by atoms with van der Waals surface area (Å²) >= 11 is 1.16. The third kappa shape index (κ3) is 3.57. The maximum Gasteiger partial charge on any atom is 0.402 e. The number of rotatable bonds is 5. The third-order valence-electron chi connectivity index (χ3n) is 3.03. The van der Waals surface area contributed by atoms with Gasteiger partial charge in [0.1, 0.15) is 12.6 Å². The van der Waals surface area contributed by atoms with Gasteiger partial charge in [-0.2, -0.15) is 30.6 Å². The lowest BCUT2D eigenvalue weighted by atomic mass is 10.3. The SMILES string of the molecule is O=C(O)C1CSC(C2CC2)N1S(=O)(=O)NCC(F)(F)F. The van der Waals surface area contributed by atoms with E-state index in [1.54, 1.807) is 0 Å². The molecule has 2 N–H and O–H groups in total. The van der Waals surface area contributed by atoms with E-state index in [1.165, 1.54) is 4.72 Å². The van der Waals surface area contributed by atoms with Crippen molar-refractivity contribution in [3.8, 4) is 0 Å². The average Bonchev–Trinajstić information content (AvgIpc) is 3.03. The zero-order chi connectivity index (χ0) is 15.1. The van der Waals surface area contributed by atoms with Gasteiger partial charge in [0.25, 0.3) is 10.2 Å². The summed E-state index contributed by atoms with van der Waals surface area (Å²) in [5.41, 5.74) is 0. The molecule has 0 spiro atoms. The van der Waals surface area contributed by atoms with Crippen LogP contribution in [0.5, 0.6) is 0 Å². The molecule has 0 amide bonds. The van der Waals surface area contributed by atoms with Gasteiger partial charge >= 0.3 is 12.1 Å². The highest BCUT2D eigenvalue weighted by Gasteiger charge is 2.51. The van der Waals surface area contributed by atoms with Gasteiger partial charge in [0.2, 0.25) is 0 Å². The quantitative estimate of drug-likeness (QED) is 0.770. The van der Waals surface area contributed by atoms with E-state index >= 15 is 0 Å². The minimum atomic E-state index is -4.69. The topological polar surface area (TPSA) is 86.7 Å². The second kappa shape index (κ2) is 5.35. The molecule has 1 aliphatic carbocycles. The first-order valence-corrected chi connectivity index (χ1v) is 8.30. The molecule has 1 saturated carbocycles. The van der Waals surface area contributed by atoms with Crippen molar-refractivity contribution in [3.63, 3.8) is 0 Å². The van der Waals surface area contributed by atoms with Gasteiger partial charge in [-0.25, -0.2) is 0 Å². The number of nitrogens with zero attached hydrogens (tertiary/aromatic N) is 1.